The van der Waals surface area contributed by atoms with Crippen molar-refractivity contribution in [2.24, 2.45) is 11.5 Å². The van der Waals surface area contributed by atoms with Crippen molar-refractivity contribution in [3.05, 3.63) is 58.1 Å². The molecule has 4 N–H and O–H groups in total. The molecule has 5 heteroatoms. The molecule has 0 aliphatic heterocycles. The third kappa shape index (κ3) is 3.61. The van der Waals surface area contributed by atoms with Crippen LogP contribution in [-0.4, -0.2) is 6.54 Å². The third-order valence-electron chi connectivity index (χ3n) is 2.67. The van der Waals surface area contributed by atoms with Gasteiger partial charge in [0.15, 0.2) is 0 Å². The SMILES string of the molecule is NCC(N)c1cccc(Oc2ccc(Cl)c(Cl)c2)c1. The summed E-state index contributed by atoms with van der Waals surface area (Å²) in [7, 11) is 0. The maximum atomic E-state index is 5.94. The fourth-order valence-corrected chi connectivity index (χ4v) is 1.91. The van der Waals surface area contributed by atoms with Crippen LogP contribution in [0.3, 0.4) is 0 Å². The molecule has 0 amide bonds. The number of nitrogens with two attached hydrogens (primary N) is 2. The molecule has 3 nitrogen and oxygen atoms in total. The average molecular weight is 297 g/mol. The molecule has 0 aromatic heterocycles. The molecular weight excluding hydrogens is 283 g/mol. The predicted molar refractivity (Wildman–Crippen MR) is 79.0 cm³/mol. The second-order valence-corrected chi connectivity index (χ2v) is 4.91. The van der Waals surface area contributed by atoms with E-state index in [2.05, 4.69) is 0 Å². The van der Waals surface area contributed by atoms with Crippen LogP contribution in [0.5, 0.6) is 11.5 Å². The van der Waals surface area contributed by atoms with Gasteiger partial charge >= 0.3 is 0 Å². The van der Waals surface area contributed by atoms with E-state index in [1.807, 2.05) is 24.3 Å². The van der Waals surface area contributed by atoms with E-state index < -0.39 is 0 Å². The summed E-state index contributed by atoms with van der Waals surface area (Å²) in [4.78, 5) is 0. The smallest absolute Gasteiger partial charge is 0.129 e. The normalized spacial score (nSPS) is 12.2. The quantitative estimate of drug-likeness (QED) is 0.903. The number of hydrogen-bond acceptors (Lipinski definition) is 3. The van der Waals surface area contributed by atoms with Gasteiger partial charge in [0.1, 0.15) is 11.5 Å². The first-order valence-electron chi connectivity index (χ1n) is 5.78. The largest absolute Gasteiger partial charge is 0.457 e. The minimum atomic E-state index is -0.197. The van der Waals surface area contributed by atoms with Crippen LogP contribution in [0.1, 0.15) is 11.6 Å². The molecule has 2 aromatic rings. The number of hydrogen-bond donors (Lipinski definition) is 2. The highest BCUT2D eigenvalue weighted by Crippen LogP contribution is 2.30. The standard InChI is InChI=1S/C14H14Cl2N2O/c15-12-5-4-11(7-13(12)16)19-10-3-1-2-9(6-10)14(18)8-17/h1-7,14H,8,17-18H2. The number of rotatable bonds is 4. The van der Waals surface area contributed by atoms with E-state index in [1.165, 1.54) is 0 Å². The van der Waals surface area contributed by atoms with Gasteiger partial charge in [0.25, 0.3) is 0 Å². The fourth-order valence-electron chi connectivity index (χ4n) is 1.62. The second kappa shape index (κ2) is 6.26. The highest BCUT2D eigenvalue weighted by Gasteiger charge is 2.06. The van der Waals surface area contributed by atoms with Crippen LogP contribution in [0.15, 0.2) is 42.5 Å². The van der Waals surface area contributed by atoms with Gasteiger partial charge in [-0.3, -0.25) is 0 Å². The fraction of sp³-hybridized carbons (Fsp3) is 0.143. The van der Waals surface area contributed by atoms with Gasteiger partial charge in [-0.25, -0.2) is 0 Å². The summed E-state index contributed by atoms with van der Waals surface area (Å²) in [6, 6.07) is 12.4. The molecule has 0 fully saturated rings. The van der Waals surface area contributed by atoms with Gasteiger partial charge in [0.2, 0.25) is 0 Å². The first-order chi connectivity index (χ1) is 9.10. The zero-order valence-corrected chi connectivity index (χ0v) is 11.7. The summed E-state index contributed by atoms with van der Waals surface area (Å²) in [6.45, 7) is 0.385. The maximum absolute atomic E-state index is 5.94. The Morgan fingerprint density at radius 1 is 1.00 bits per heavy atom. The molecule has 0 spiro atoms. The Hall–Kier alpha value is -1.26. The van der Waals surface area contributed by atoms with Crippen molar-refractivity contribution in [3.63, 3.8) is 0 Å². The van der Waals surface area contributed by atoms with Gasteiger partial charge in [0.05, 0.1) is 10.0 Å². The minimum absolute atomic E-state index is 0.197. The Morgan fingerprint density at radius 3 is 2.42 bits per heavy atom. The van der Waals surface area contributed by atoms with Gasteiger partial charge < -0.3 is 16.2 Å². The van der Waals surface area contributed by atoms with E-state index in [1.54, 1.807) is 18.2 Å². The van der Waals surface area contributed by atoms with Crippen molar-refractivity contribution in [2.75, 3.05) is 6.54 Å². The molecule has 0 heterocycles. The topological polar surface area (TPSA) is 61.3 Å². The molecule has 0 saturated heterocycles. The van der Waals surface area contributed by atoms with E-state index in [9.17, 15) is 0 Å². The molecule has 2 aromatic carbocycles. The Kier molecular flexibility index (Phi) is 4.66. The van der Waals surface area contributed by atoms with E-state index in [0.29, 0.717) is 28.1 Å². The Balaban J connectivity index is 2.20. The van der Waals surface area contributed by atoms with Crippen molar-refractivity contribution < 1.29 is 4.74 Å². The van der Waals surface area contributed by atoms with Crippen LogP contribution in [0.25, 0.3) is 0 Å². The molecule has 0 aliphatic rings. The Bertz CT molecular complexity index is 575. The monoisotopic (exact) mass is 296 g/mol. The average Bonchev–Trinajstić information content (AvgIpc) is 2.42. The molecule has 1 unspecified atom stereocenters. The highest BCUT2D eigenvalue weighted by molar-refractivity contribution is 6.42. The molecule has 19 heavy (non-hydrogen) atoms. The molecule has 100 valence electrons. The highest BCUT2D eigenvalue weighted by atomic mass is 35.5. The lowest BCUT2D eigenvalue weighted by atomic mass is 10.1. The lowest BCUT2D eigenvalue weighted by Gasteiger charge is -2.12. The van der Waals surface area contributed by atoms with Crippen molar-refractivity contribution in [2.45, 2.75) is 6.04 Å². The first-order valence-corrected chi connectivity index (χ1v) is 6.54. The van der Waals surface area contributed by atoms with Crippen LogP contribution in [0.2, 0.25) is 10.0 Å². The van der Waals surface area contributed by atoms with E-state index in [-0.39, 0.29) is 6.04 Å². The lowest BCUT2D eigenvalue weighted by molar-refractivity contribution is 0.481. The van der Waals surface area contributed by atoms with Gasteiger partial charge in [-0.2, -0.15) is 0 Å². The summed E-state index contributed by atoms with van der Waals surface area (Å²) in [5, 5.41) is 0.946. The van der Waals surface area contributed by atoms with E-state index in [0.717, 1.165) is 5.56 Å². The molecule has 1 atom stereocenters. The van der Waals surface area contributed by atoms with E-state index in [4.69, 9.17) is 39.4 Å². The van der Waals surface area contributed by atoms with Crippen molar-refractivity contribution >= 4 is 23.2 Å². The zero-order valence-electron chi connectivity index (χ0n) is 10.1. The van der Waals surface area contributed by atoms with Crippen LogP contribution < -0.4 is 16.2 Å². The van der Waals surface area contributed by atoms with Crippen LogP contribution in [0, 0.1) is 0 Å². The second-order valence-electron chi connectivity index (χ2n) is 4.09. The summed E-state index contributed by atoms with van der Waals surface area (Å²) in [5.74, 6) is 1.30. The van der Waals surface area contributed by atoms with Crippen LogP contribution in [-0.2, 0) is 0 Å². The van der Waals surface area contributed by atoms with E-state index >= 15 is 0 Å². The molecule has 0 bridgehead atoms. The lowest BCUT2D eigenvalue weighted by Crippen LogP contribution is -2.20. The molecule has 0 saturated carbocycles. The molecule has 2 rings (SSSR count). The summed E-state index contributed by atoms with van der Waals surface area (Å²) in [5.41, 5.74) is 12.4. The molecular formula is C14H14Cl2N2O. The van der Waals surface area contributed by atoms with Gasteiger partial charge in [-0.15, -0.1) is 0 Å². The summed E-state index contributed by atoms with van der Waals surface area (Å²) >= 11 is 11.8. The molecule has 0 radical (unpaired) electrons. The Labute approximate surface area is 122 Å². The van der Waals surface area contributed by atoms with Crippen molar-refractivity contribution in [3.8, 4) is 11.5 Å². The van der Waals surface area contributed by atoms with Gasteiger partial charge in [0, 0.05) is 18.7 Å². The van der Waals surface area contributed by atoms with Gasteiger partial charge in [-0.05, 0) is 29.8 Å². The minimum Gasteiger partial charge on any atom is -0.457 e. The van der Waals surface area contributed by atoms with Crippen LogP contribution >= 0.6 is 23.2 Å². The summed E-state index contributed by atoms with van der Waals surface area (Å²) < 4.78 is 5.71. The van der Waals surface area contributed by atoms with Gasteiger partial charge in [-0.1, -0.05) is 35.3 Å². The number of halogens is 2. The zero-order chi connectivity index (χ0) is 13.8. The molecule has 0 aliphatic carbocycles. The van der Waals surface area contributed by atoms with Crippen LogP contribution in [0.4, 0.5) is 0 Å². The van der Waals surface area contributed by atoms with Crippen molar-refractivity contribution in [1.82, 2.24) is 0 Å². The maximum Gasteiger partial charge on any atom is 0.129 e. The third-order valence-corrected chi connectivity index (χ3v) is 3.41. The predicted octanol–water partition coefficient (Wildman–Crippen LogP) is 3.74. The number of benzene rings is 2. The number of ether oxygens (including phenoxy) is 1. The summed E-state index contributed by atoms with van der Waals surface area (Å²) in [6.07, 6.45) is 0. The Morgan fingerprint density at radius 2 is 1.74 bits per heavy atom. The first kappa shape index (κ1) is 14.2. The van der Waals surface area contributed by atoms with Crippen molar-refractivity contribution in [1.29, 1.82) is 0 Å².